The van der Waals surface area contributed by atoms with Gasteiger partial charge < -0.3 is 19.5 Å². The van der Waals surface area contributed by atoms with E-state index in [1.807, 2.05) is 31.4 Å². The van der Waals surface area contributed by atoms with E-state index in [2.05, 4.69) is 41.1 Å². The lowest BCUT2D eigenvalue weighted by Crippen LogP contribution is -2.42. The number of nitrogens with one attached hydrogen (secondary N) is 1. The van der Waals surface area contributed by atoms with E-state index in [4.69, 9.17) is 9.72 Å². The maximum absolute atomic E-state index is 14.1. The predicted octanol–water partition coefficient (Wildman–Crippen LogP) is 4.69. The molecule has 1 amide bonds. The molecule has 2 heterocycles. The monoisotopic (exact) mass is 495 g/mol. The molecule has 36 heavy (non-hydrogen) atoms. The van der Waals surface area contributed by atoms with Gasteiger partial charge in [-0.25, -0.2) is 9.37 Å². The third-order valence-electron chi connectivity index (χ3n) is 6.58. The molecule has 0 unspecified atom stereocenters. The Kier molecular flexibility index (Phi) is 7.54. The van der Waals surface area contributed by atoms with E-state index >= 15 is 0 Å². The number of carbonyl (C=O) groups excluding carboxylic acids is 1. The number of imidazole rings is 1. The summed E-state index contributed by atoms with van der Waals surface area (Å²) in [6.45, 7) is 14.5. The molecule has 1 saturated heterocycles. The van der Waals surface area contributed by atoms with Crippen LogP contribution in [-0.4, -0.2) is 65.2 Å². The molecular formula is C28H38FN5O2. The molecule has 0 aliphatic carbocycles. The Labute approximate surface area is 213 Å². The summed E-state index contributed by atoms with van der Waals surface area (Å²) in [6, 6.07) is 11.5. The lowest BCUT2D eigenvalue weighted by molar-refractivity contribution is -0.123. The molecule has 1 aromatic heterocycles. The number of methoxy groups -OCH3 is 1. The Bertz CT molecular complexity index is 1230. The normalized spacial score (nSPS) is 15.4. The third kappa shape index (κ3) is 5.81. The van der Waals surface area contributed by atoms with Crippen molar-refractivity contribution in [3.05, 3.63) is 42.2 Å². The minimum atomic E-state index is -0.437. The average molecular weight is 496 g/mol. The van der Waals surface area contributed by atoms with Gasteiger partial charge in [0.15, 0.2) is 11.6 Å². The Hall–Kier alpha value is -3.13. The number of carbonyl (C=O) groups is 1. The fourth-order valence-corrected chi connectivity index (χ4v) is 4.81. The minimum Gasteiger partial charge on any atom is -0.494 e. The zero-order chi connectivity index (χ0) is 26.0. The molecule has 0 atom stereocenters. The number of nitrogens with zero attached hydrogens (tertiary/aromatic N) is 4. The maximum Gasteiger partial charge on any atom is 0.240 e. The Morgan fingerprint density at radius 1 is 1.11 bits per heavy atom. The quantitative estimate of drug-likeness (QED) is 0.538. The molecule has 0 bridgehead atoms. The largest absolute Gasteiger partial charge is 0.494 e. The molecule has 2 aromatic carbocycles. The minimum absolute atomic E-state index is 0.106. The summed E-state index contributed by atoms with van der Waals surface area (Å²) in [5.74, 6) is 0.201. The van der Waals surface area contributed by atoms with E-state index in [0.717, 1.165) is 49.3 Å². The summed E-state index contributed by atoms with van der Waals surface area (Å²) < 4.78 is 21.2. The molecular weight excluding hydrogens is 457 g/mol. The first-order chi connectivity index (χ1) is 17.1. The molecule has 3 aromatic rings. The summed E-state index contributed by atoms with van der Waals surface area (Å²) in [7, 11) is 1.44. The van der Waals surface area contributed by atoms with Gasteiger partial charge in [0.25, 0.3) is 0 Å². The number of ether oxygens (including phenoxy) is 1. The van der Waals surface area contributed by atoms with Crippen molar-refractivity contribution in [3.63, 3.8) is 0 Å². The van der Waals surface area contributed by atoms with Gasteiger partial charge in [-0.2, -0.15) is 0 Å². The number of aromatic nitrogens is 2. The number of anilines is 1. The number of benzene rings is 2. The fraction of sp³-hybridized carbons (Fsp3) is 0.500. The summed E-state index contributed by atoms with van der Waals surface area (Å²) in [5.41, 5.74) is 3.13. The van der Waals surface area contributed by atoms with Crippen LogP contribution in [-0.2, 0) is 11.3 Å². The van der Waals surface area contributed by atoms with Crippen LogP contribution < -0.4 is 15.0 Å². The number of halogens is 1. The number of hydrogen-bond acceptors (Lipinski definition) is 5. The molecule has 194 valence electrons. The van der Waals surface area contributed by atoms with Crippen molar-refractivity contribution < 1.29 is 13.9 Å². The Balaban J connectivity index is 1.73. The summed E-state index contributed by atoms with van der Waals surface area (Å²) in [6.07, 6.45) is 1.11. The first-order valence-corrected chi connectivity index (χ1v) is 12.7. The van der Waals surface area contributed by atoms with E-state index in [9.17, 15) is 9.18 Å². The molecule has 8 heteroatoms. The highest BCUT2D eigenvalue weighted by Gasteiger charge is 2.22. The van der Waals surface area contributed by atoms with Crippen molar-refractivity contribution in [2.45, 2.75) is 59.2 Å². The predicted molar refractivity (Wildman–Crippen MR) is 143 cm³/mol. The van der Waals surface area contributed by atoms with Crippen molar-refractivity contribution in [1.82, 2.24) is 19.8 Å². The topological polar surface area (TPSA) is 62.6 Å². The van der Waals surface area contributed by atoms with Crippen LogP contribution in [0.3, 0.4) is 0 Å². The molecule has 4 rings (SSSR count). The highest BCUT2D eigenvalue weighted by atomic mass is 19.1. The molecule has 0 spiro atoms. The van der Waals surface area contributed by atoms with Gasteiger partial charge in [-0.3, -0.25) is 9.69 Å². The maximum atomic E-state index is 14.1. The Morgan fingerprint density at radius 3 is 2.58 bits per heavy atom. The van der Waals surface area contributed by atoms with Crippen LogP contribution in [0.25, 0.3) is 22.4 Å². The first kappa shape index (κ1) is 25.9. The van der Waals surface area contributed by atoms with Crippen LogP contribution in [0.5, 0.6) is 5.75 Å². The van der Waals surface area contributed by atoms with Crippen molar-refractivity contribution in [2.75, 3.05) is 38.2 Å². The number of hydrogen-bond donors (Lipinski definition) is 1. The second-order valence-corrected chi connectivity index (χ2v) is 10.8. The van der Waals surface area contributed by atoms with Gasteiger partial charge in [0.2, 0.25) is 5.91 Å². The number of fused-ring (bicyclic) bond motifs is 1. The molecule has 1 fully saturated rings. The zero-order valence-corrected chi connectivity index (χ0v) is 22.3. The van der Waals surface area contributed by atoms with Gasteiger partial charge in [0.05, 0.1) is 18.1 Å². The first-order valence-electron chi connectivity index (χ1n) is 12.7. The van der Waals surface area contributed by atoms with E-state index in [1.165, 1.54) is 13.2 Å². The van der Waals surface area contributed by atoms with Crippen LogP contribution in [0.2, 0.25) is 0 Å². The SMILES string of the molecule is COc1cc(-c2nc3cc(N4CCCN(C(C)C)CC4)ccc3n2CC(=O)NC(C)(C)C)ccc1F. The van der Waals surface area contributed by atoms with Crippen LogP contribution in [0, 0.1) is 5.82 Å². The Morgan fingerprint density at radius 2 is 1.89 bits per heavy atom. The molecule has 0 radical (unpaired) electrons. The van der Waals surface area contributed by atoms with E-state index in [0.29, 0.717) is 17.4 Å². The van der Waals surface area contributed by atoms with E-state index in [1.54, 1.807) is 12.1 Å². The van der Waals surface area contributed by atoms with Crippen LogP contribution in [0.1, 0.15) is 41.0 Å². The summed E-state index contributed by atoms with van der Waals surface area (Å²) in [5, 5.41) is 3.03. The second kappa shape index (κ2) is 10.5. The second-order valence-electron chi connectivity index (χ2n) is 10.8. The van der Waals surface area contributed by atoms with Gasteiger partial charge in [-0.1, -0.05) is 0 Å². The van der Waals surface area contributed by atoms with E-state index in [-0.39, 0.29) is 23.7 Å². The van der Waals surface area contributed by atoms with Gasteiger partial charge in [-0.05, 0) is 77.4 Å². The number of rotatable bonds is 6. The molecule has 0 saturated carbocycles. The molecule has 7 nitrogen and oxygen atoms in total. The highest BCUT2D eigenvalue weighted by molar-refractivity contribution is 5.87. The third-order valence-corrected chi connectivity index (χ3v) is 6.58. The van der Waals surface area contributed by atoms with Gasteiger partial charge in [0.1, 0.15) is 12.4 Å². The van der Waals surface area contributed by atoms with Crippen molar-refractivity contribution >= 4 is 22.6 Å². The molecule has 1 aliphatic rings. The zero-order valence-electron chi connectivity index (χ0n) is 22.3. The standard InChI is InChI=1S/C28H38FN5O2/c1-19(2)32-12-7-13-33(15-14-32)21-9-11-24-23(17-21)30-27(20-8-10-22(29)25(16-20)36-6)34(24)18-26(35)31-28(3,4)5/h8-11,16-17,19H,7,12-15,18H2,1-6H3,(H,31,35). The van der Waals surface area contributed by atoms with Crippen molar-refractivity contribution in [2.24, 2.45) is 0 Å². The number of amides is 1. The van der Waals surface area contributed by atoms with Gasteiger partial charge in [-0.15, -0.1) is 0 Å². The van der Waals surface area contributed by atoms with Crippen LogP contribution >= 0.6 is 0 Å². The molecule has 1 aliphatic heterocycles. The average Bonchev–Trinajstić information content (AvgIpc) is 2.98. The lowest BCUT2D eigenvalue weighted by atomic mass is 10.1. The van der Waals surface area contributed by atoms with Crippen LogP contribution in [0.4, 0.5) is 10.1 Å². The summed E-state index contributed by atoms with van der Waals surface area (Å²) in [4.78, 5) is 22.8. The van der Waals surface area contributed by atoms with Gasteiger partial charge in [0, 0.05) is 49.0 Å². The summed E-state index contributed by atoms with van der Waals surface area (Å²) >= 11 is 0. The van der Waals surface area contributed by atoms with E-state index < -0.39 is 5.82 Å². The van der Waals surface area contributed by atoms with Gasteiger partial charge >= 0.3 is 0 Å². The fourth-order valence-electron chi connectivity index (χ4n) is 4.81. The highest BCUT2D eigenvalue weighted by Crippen LogP contribution is 2.31. The van der Waals surface area contributed by atoms with Crippen LogP contribution in [0.15, 0.2) is 36.4 Å². The van der Waals surface area contributed by atoms with Crippen molar-refractivity contribution in [1.29, 1.82) is 0 Å². The smallest absolute Gasteiger partial charge is 0.240 e. The molecule has 1 N–H and O–H groups in total. The van der Waals surface area contributed by atoms with Crippen molar-refractivity contribution in [3.8, 4) is 17.1 Å². The lowest BCUT2D eigenvalue weighted by Gasteiger charge is -2.25.